The van der Waals surface area contributed by atoms with Gasteiger partial charge in [0.15, 0.2) is 0 Å². The van der Waals surface area contributed by atoms with Gasteiger partial charge < -0.3 is 15.4 Å². The Morgan fingerprint density at radius 1 is 0.861 bits per heavy atom. The van der Waals surface area contributed by atoms with Crippen molar-refractivity contribution in [3.05, 3.63) is 94.0 Å². The average Bonchev–Trinajstić information content (AvgIpc) is 2.87. The summed E-state index contributed by atoms with van der Waals surface area (Å²) in [6.45, 7) is 2.49. The number of para-hydroxylation sites is 2. The van der Waals surface area contributed by atoms with E-state index in [1.807, 2.05) is 54.6 Å². The van der Waals surface area contributed by atoms with E-state index in [0.29, 0.717) is 34.4 Å². The van der Waals surface area contributed by atoms with Crippen molar-refractivity contribution in [2.75, 3.05) is 11.9 Å². The highest BCUT2D eigenvalue weighted by Crippen LogP contribution is 2.33. The molecule has 0 aliphatic carbocycles. The molecule has 0 saturated heterocycles. The van der Waals surface area contributed by atoms with Crippen LogP contribution in [0.25, 0.3) is 0 Å². The minimum atomic E-state index is -0.774. The molecule has 0 heterocycles. The molecule has 0 aliphatic heterocycles. The van der Waals surface area contributed by atoms with Gasteiger partial charge in [0, 0.05) is 12.1 Å². The van der Waals surface area contributed by atoms with Crippen molar-refractivity contribution in [1.82, 2.24) is 5.32 Å². The van der Waals surface area contributed by atoms with E-state index in [0.717, 1.165) is 36.8 Å². The Kier molecular flexibility index (Phi) is 11.1. The van der Waals surface area contributed by atoms with E-state index in [2.05, 4.69) is 17.6 Å². The molecular formula is C29H32Cl2N2O3. The van der Waals surface area contributed by atoms with Gasteiger partial charge in [-0.2, -0.15) is 0 Å². The predicted octanol–water partition coefficient (Wildman–Crippen LogP) is 7.13. The van der Waals surface area contributed by atoms with Crippen LogP contribution in [-0.2, 0) is 27.2 Å². The van der Waals surface area contributed by atoms with Gasteiger partial charge in [-0.25, -0.2) is 4.79 Å². The fourth-order valence-corrected chi connectivity index (χ4v) is 4.30. The summed E-state index contributed by atoms with van der Waals surface area (Å²) in [5.74, 6) is -0.698. The molecule has 0 spiro atoms. The van der Waals surface area contributed by atoms with Gasteiger partial charge >= 0.3 is 5.97 Å². The first-order valence-corrected chi connectivity index (χ1v) is 13.0. The second-order valence-corrected chi connectivity index (χ2v) is 9.41. The number of halogens is 2. The van der Waals surface area contributed by atoms with Gasteiger partial charge in [0.05, 0.1) is 28.8 Å². The third-order valence-corrected chi connectivity index (χ3v) is 6.37. The number of carbonyl (C=O) groups is 2. The Bertz CT molecular complexity index is 1120. The smallest absolute Gasteiger partial charge is 0.328 e. The number of nitrogens with one attached hydrogen (secondary N) is 2. The van der Waals surface area contributed by atoms with Crippen LogP contribution in [0.1, 0.15) is 43.7 Å². The first-order chi connectivity index (χ1) is 17.5. The second kappa shape index (κ2) is 14.5. The molecule has 190 valence electrons. The Balaban J connectivity index is 1.69. The lowest BCUT2D eigenvalue weighted by Crippen LogP contribution is -2.44. The van der Waals surface area contributed by atoms with E-state index >= 15 is 0 Å². The number of hydrogen-bond acceptors (Lipinski definition) is 4. The quantitative estimate of drug-likeness (QED) is 0.183. The van der Waals surface area contributed by atoms with Crippen LogP contribution in [0, 0.1) is 0 Å². The van der Waals surface area contributed by atoms with Crippen LogP contribution in [0.4, 0.5) is 11.4 Å². The Labute approximate surface area is 223 Å². The Morgan fingerprint density at radius 3 is 2.28 bits per heavy atom. The lowest BCUT2D eigenvalue weighted by molar-refractivity contribution is -0.148. The topological polar surface area (TPSA) is 67.4 Å². The summed E-state index contributed by atoms with van der Waals surface area (Å²) >= 11 is 12.6. The van der Waals surface area contributed by atoms with Crippen molar-refractivity contribution in [3.63, 3.8) is 0 Å². The largest absolute Gasteiger partial charge is 0.464 e. The van der Waals surface area contributed by atoms with Crippen molar-refractivity contribution in [2.45, 2.75) is 51.5 Å². The van der Waals surface area contributed by atoms with E-state index < -0.39 is 12.0 Å². The third-order valence-electron chi connectivity index (χ3n) is 5.74. The highest BCUT2D eigenvalue weighted by atomic mass is 35.5. The zero-order valence-corrected chi connectivity index (χ0v) is 21.9. The van der Waals surface area contributed by atoms with E-state index in [-0.39, 0.29) is 12.3 Å². The number of unbranched alkanes of at least 4 members (excludes halogenated alkanes) is 3. The molecule has 7 heteroatoms. The van der Waals surface area contributed by atoms with Crippen molar-refractivity contribution in [1.29, 1.82) is 0 Å². The fourth-order valence-electron chi connectivity index (χ4n) is 3.81. The molecule has 36 heavy (non-hydrogen) atoms. The molecular weight excluding hydrogens is 495 g/mol. The Hall–Kier alpha value is -3.02. The zero-order valence-electron chi connectivity index (χ0n) is 20.4. The minimum Gasteiger partial charge on any atom is -0.464 e. The highest BCUT2D eigenvalue weighted by molar-refractivity contribution is 6.39. The molecule has 5 nitrogen and oxygen atoms in total. The lowest BCUT2D eigenvalue weighted by atomic mass is 10.0. The molecule has 3 aromatic rings. The number of rotatable bonds is 13. The number of esters is 1. The maximum atomic E-state index is 13.1. The summed E-state index contributed by atoms with van der Waals surface area (Å²) in [6, 6.07) is 21.5. The van der Waals surface area contributed by atoms with Crippen LogP contribution in [0.15, 0.2) is 72.8 Å². The third kappa shape index (κ3) is 8.58. The van der Waals surface area contributed by atoms with Crippen LogP contribution in [-0.4, -0.2) is 24.5 Å². The molecule has 1 amide bonds. The number of amides is 1. The number of benzene rings is 3. The monoisotopic (exact) mass is 526 g/mol. The van der Waals surface area contributed by atoms with Gasteiger partial charge in [-0.3, -0.25) is 4.79 Å². The number of ether oxygens (including phenoxy) is 1. The van der Waals surface area contributed by atoms with Crippen LogP contribution in [0.3, 0.4) is 0 Å². The highest BCUT2D eigenvalue weighted by Gasteiger charge is 2.23. The summed E-state index contributed by atoms with van der Waals surface area (Å²) in [5, 5.41) is 7.08. The van der Waals surface area contributed by atoms with Gasteiger partial charge in [0.2, 0.25) is 5.91 Å². The maximum Gasteiger partial charge on any atom is 0.328 e. The van der Waals surface area contributed by atoms with E-state index in [9.17, 15) is 9.59 Å². The molecule has 0 aliphatic rings. The number of anilines is 2. The summed E-state index contributed by atoms with van der Waals surface area (Å²) in [4.78, 5) is 25.9. The fraction of sp³-hybridized carbons (Fsp3) is 0.310. The Morgan fingerprint density at radius 2 is 1.56 bits per heavy atom. The molecule has 0 fully saturated rings. The average molecular weight is 527 g/mol. The molecule has 0 unspecified atom stereocenters. The van der Waals surface area contributed by atoms with E-state index in [4.69, 9.17) is 27.9 Å². The van der Waals surface area contributed by atoms with Crippen molar-refractivity contribution >= 4 is 46.5 Å². The zero-order chi connectivity index (χ0) is 25.8. The standard InChI is InChI=1S/C29H32Cl2N2O3/c1-2-3-4-10-18-36-29(35)26(19-21-12-6-5-7-13-21)32-27(34)20-22-14-8-9-17-25(22)33-28-23(30)15-11-16-24(28)31/h5-9,11-17,26,33H,2-4,10,18-20H2,1H3,(H,32,34)/t26-/m0/s1. The molecule has 0 aromatic heterocycles. The maximum absolute atomic E-state index is 13.1. The SMILES string of the molecule is CCCCCCOC(=O)[C@H](Cc1ccccc1)NC(=O)Cc1ccccc1Nc1c(Cl)cccc1Cl. The number of hydrogen-bond donors (Lipinski definition) is 2. The van der Waals surface area contributed by atoms with Crippen molar-refractivity contribution < 1.29 is 14.3 Å². The predicted molar refractivity (Wildman–Crippen MR) is 147 cm³/mol. The van der Waals surface area contributed by atoms with Crippen molar-refractivity contribution in [2.24, 2.45) is 0 Å². The lowest BCUT2D eigenvalue weighted by Gasteiger charge is -2.19. The van der Waals surface area contributed by atoms with Gasteiger partial charge in [0.1, 0.15) is 6.04 Å². The summed E-state index contributed by atoms with van der Waals surface area (Å²) in [6.07, 6.45) is 4.47. The number of carbonyl (C=O) groups excluding carboxylic acids is 2. The van der Waals surface area contributed by atoms with Gasteiger partial charge in [-0.15, -0.1) is 0 Å². The van der Waals surface area contributed by atoms with Gasteiger partial charge in [0.25, 0.3) is 0 Å². The molecule has 3 aromatic carbocycles. The van der Waals surface area contributed by atoms with Crippen LogP contribution >= 0.6 is 23.2 Å². The minimum absolute atomic E-state index is 0.0698. The van der Waals surface area contributed by atoms with Crippen LogP contribution in [0.2, 0.25) is 10.0 Å². The van der Waals surface area contributed by atoms with Crippen LogP contribution in [0.5, 0.6) is 0 Å². The van der Waals surface area contributed by atoms with Gasteiger partial charge in [-0.05, 0) is 35.7 Å². The summed E-state index contributed by atoms with van der Waals surface area (Å²) in [7, 11) is 0. The molecule has 0 bridgehead atoms. The molecule has 3 rings (SSSR count). The molecule has 0 radical (unpaired) electrons. The summed E-state index contributed by atoms with van der Waals surface area (Å²) < 4.78 is 5.51. The molecule has 1 atom stereocenters. The summed E-state index contributed by atoms with van der Waals surface area (Å²) in [5.41, 5.74) is 2.97. The van der Waals surface area contributed by atoms with Crippen LogP contribution < -0.4 is 10.6 Å². The van der Waals surface area contributed by atoms with Gasteiger partial charge in [-0.1, -0.05) is 104 Å². The molecule has 0 saturated carbocycles. The first-order valence-electron chi connectivity index (χ1n) is 12.3. The molecule has 2 N–H and O–H groups in total. The second-order valence-electron chi connectivity index (χ2n) is 8.59. The van der Waals surface area contributed by atoms with Crippen molar-refractivity contribution in [3.8, 4) is 0 Å². The first kappa shape index (κ1) is 27.6. The van der Waals surface area contributed by atoms with E-state index in [1.54, 1.807) is 18.2 Å². The normalized spacial score (nSPS) is 11.5. The van der Waals surface area contributed by atoms with E-state index in [1.165, 1.54) is 0 Å².